The first-order chi connectivity index (χ1) is 25.6. The number of sulfonamides is 1. The number of amides is 1. The molecule has 6 atom stereocenters. The summed E-state index contributed by atoms with van der Waals surface area (Å²) in [6.07, 6.45) is 10.5. The molecule has 1 amide bonds. The van der Waals surface area contributed by atoms with E-state index in [1.165, 1.54) is 5.56 Å². The lowest BCUT2D eigenvalue weighted by molar-refractivity contribution is -0.108. The number of carbonyl (C=O) groups excluding carboxylic acids is 1. The molecule has 1 saturated carbocycles. The van der Waals surface area contributed by atoms with Gasteiger partial charge in [0, 0.05) is 76.1 Å². The zero-order valence-corrected chi connectivity index (χ0v) is 32.8. The zero-order valence-electron chi connectivity index (χ0n) is 31.3. The number of piperazine rings is 1. The van der Waals surface area contributed by atoms with Crippen LogP contribution in [-0.4, -0.2) is 118 Å². The van der Waals surface area contributed by atoms with E-state index in [0.29, 0.717) is 42.7 Å². The van der Waals surface area contributed by atoms with Gasteiger partial charge < -0.3 is 19.1 Å². The van der Waals surface area contributed by atoms with Crippen molar-refractivity contribution in [2.75, 3.05) is 77.6 Å². The second-order valence-electron chi connectivity index (χ2n) is 16.3. The summed E-state index contributed by atoms with van der Waals surface area (Å²) in [6.45, 7) is 10.5. The van der Waals surface area contributed by atoms with Gasteiger partial charge in [0.1, 0.15) is 18.0 Å². The third-order valence-electron chi connectivity index (χ3n) is 13.2. The summed E-state index contributed by atoms with van der Waals surface area (Å²) in [4.78, 5) is 21.6. The molecule has 0 spiro atoms. The molecule has 1 aliphatic carbocycles. The van der Waals surface area contributed by atoms with Crippen molar-refractivity contribution in [3.8, 4) is 5.75 Å². The highest BCUT2D eigenvalue weighted by molar-refractivity contribution is 7.90. The molecule has 5 heterocycles. The molecule has 5 aliphatic heterocycles. The highest BCUT2D eigenvalue weighted by atomic mass is 35.5. The minimum Gasteiger partial charge on any atom is -0.487 e. The maximum Gasteiger partial charge on any atom is 0.267 e. The van der Waals surface area contributed by atoms with Gasteiger partial charge in [-0.15, -0.1) is 0 Å². The Morgan fingerprint density at radius 1 is 0.981 bits per heavy atom. The van der Waals surface area contributed by atoms with Crippen molar-refractivity contribution < 1.29 is 27.4 Å². The van der Waals surface area contributed by atoms with Gasteiger partial charge in [0.2, 0.25) is 10.0 Å². The van der Waals surface area contributed by atoms with Crippen LogP contribution in [0.3, 0.4) is 0 Å². The van der Waals surface area contributed by atoms with Crippen LogP contribution in [0.5, 0.6) is 5.75 Å². The van der Waals surface area contributed by atoms with Crippen molar-refractivity contribution in [2.45, 2.75) is 75.4 Å². The van der Waals surface area contributed by atoms with E-state index in [1.807, 2.05) is 44.4 Å². The number of carbonyl (C=O) groups is 1. The lowest BCUT2D eigenvalue weighted by atomic mass is 9.63. The third-order valence-corrected chi connectivity index (χ3v) is 15.8. The summed E-state index contributed by atoms with van der Waals surface area (Å²) in [5.74, 6) is 0.728. The highest BCUT2D eigenvalue weighted by Gasteiger charge is 2.49. The van der Waals surface area contributed by atoms with Gasteiger partial charge in [-0.1, -0.05) is 36.7 Å². The molecule has 10 nitrogen and oxygen atoms in total. The van der Waals surface area contributed by atoms with Crippen LogP contribution in [0.1, 0.15) is 66.9 Å². The molecule has 0 unspecified atom stereocenters. The zero-order chi connectivity index (χ0) is 36.7. The predicted octanol–water partition coefficient (Wildman–Crippen LogP) is 5.63. The number of hydrogen-bond acceptors (Lipinski definition) is 9. The predicted molar refractivity (Wildman–Crippen MR) is 207 cm³/mol. The summed E-state index contributed by atoms with van der Waals surface area (Å²) in [5, 5.41) is 0.104. The van der Waals surface area contributed by atoms with Crippen molar-refractivity contribution >= 4 is 33.2 Å². The van der Waals surface area contributed by atoms with Crippen molar-refractivity contribution in [1.82, 2.24) is 14.1 Å². The molecular weight excluding hydrogens is 712 g/mol. The average Bonchev–Trinajstić information content (AvgIpc) is 3.45. The van der Waals surface area contributed by atoms with Crippen molar-refractivity contribution in [3.63, 3.8) is 0 Å². The number of rotatable bonds is 3. The van der Waals surface area contributed by atoms with Crippen molar-refractivity contribution in [2.24, 2.45) is 17.8 Å². The third kappa shape index (κ3) is 7.38. The molecule has 4 bridgehead atoms. The second-order valence-corrected chi connectivity index (χ2v) is 18.8. The van der Waals surface area contributed by atoms with Gasteiger partial charge in [-0.2, -0.15) is 0 Å². The summed E-state index contributed by atoms with van der Waals surface area (Å²) >= 11 is 6.42. The van der Waals surface area contributed by atoms with Crippen LogP contribution < -0.4 is 9.64 Å². The van der Waals surface area contributed by atoms with Gasteiger partial charge >= 0.3 is 0 Å². The maximum atomic E-state index is 14.1. The minimum absolute atomic E-state index is 0.148. The Hall–Kier alpha value is -2.67. The monoisotopic (exact) mass is 766 g/mol. The SMILES string of the molecule is CO[C@@]1(CN2CCN3CCOC[C@@H]3C2)/C=C/C[C@H](C)[C@H]2CCN(C(=O)c3ccc4c(c3)N(CCCCc3cc(Cl)ccc3CO4)C[C@@H]3CC[C@H]31)S2(=O)=O. The number of morpholine rings is 1. The van der Waals surface area contributed by atoms with Crippen LogP contribution in [0, 0.1) is 17.8 Å². The number of methoxy groups -OCH3 is 1. The number of aryl methyl sites for hydroxylation is 1. The first kappa shape index (κ1) is 37.3. The first-order valence-corrected chi connectivity index (χ1v) is 21.7. The van der Waals surface area contributed by atoms with Crippen LogP contribution in [0.25, 0.3) is 0 Å². The molecular formula is C41H55ClN4O6S. The van der Waals surface area contributed by atoms with Crippen molar-refractivity contribution in [1.29, 1.82) is 0 Å². The number of halogens is 1. The molecule has 53 heavy (non-hydrogen) atoms. The number of fused-ring (bicyclic) bond motifs is 6. The van der Waals surface area contributed by atoms with Crippen LogP contribution >= 0.6 is 11.6 Å². The first-order valence-electron chi connectivity index (χ1n) is 19.8. The number of benzene rings is 2. The lowest BCUT2D eigenvalue weighted by Gasteiger charge is -2.53. The molecule has 0 radical (unpaired) electrons. The molecule has 0 N–H and O–H groups in total. The van der Waals surface area contributed by atoms with E-state index in [9.17, 15) is 13.2 Å². The number of allylic oxidation sites excluding steroid dienone is 1. The lowest BCUT2D eigenvalue weighted by Crippen LogP contribution is -2.62. The Balaban J connectivity index is 1.17. The van der Waals surface area contributed by atoms with Crippen LogP contribution in [0.4, 0.5) is 5.69 Å². The topological polar surface area (TPSA) is 91.9 Å². The summed E-state index contributed by atoms with van der Waals surface area (Å²) in [5.41, 5.74) is 3.00. The average molecular weight is 767 g/mol. The smallest absolute Gasteiger partial charge is 0.267 e. The van der Waals surface area contributed by atoms with Gasteiger partial charge in [0.15, 0.2) is 0 Å². The molecule has 8 rings (SSSR count). The van der Waals surface area contributed by atoms with E-state index in [4.69, 9.17) is 25.8 Å². The van der Waals surface area contributed by atoms with Crippen LogP contribution in [0.2, 0.25) is 5.02 Å². The molecule has 2 aromatic carbocycles. The largest absolute Gasteiger partial charge is 0.487 e. The quantitative estimate of drug-likeness (QED) is 0.369. The number of anilines is 1. The highest BCUT2D eigenvalue weighted by Crippen LogP contribution is 2.47. The Morgan fingerprint density at radius 3 is 2.70 bits per heavy atom. The van der Waals surface area contributed by atoms with E-state index in [1.54, 1.807) is 6.07 Å². The molecule has 288 valence electrons. The molecule has 2 aromatic rings. The van der Waals surface area contributed by atoms with Gasteiger partial charge in [0.25, 0.3) is 5.91 Å². The molecule has 4 fully saturated rings. The van der Waals surface area contributed by atoms with E-state index in [-0.39, 0.29) is 18.4 Å². The minimum atomic E-state index is -3.84. The van der Waals surface area contributed by atoms with E-state index >= 15 is 0 Å². The Labute approximate surface area is 320 Å². The van der Waals surface area contributed by atoms with Crippen LogP contribution in [0.15, 0.2) is 48.6 Å². The van der Waals surface area contributed by atoms with E-state index < -0.39 is 26.8 Å². The van der Waals surface area contributed by atoms with Crippen molar-refractivity contribution in [3.05, 3.63) is 70.3 Å². The van der Waals surface area contributed by atoms with Gasteiger partial charge in [-0.3, -0.25) is 14.6 Å². The van der Waals surface area contributed by atoms with Crippen LogP contribution in [-0.2, 0) is 32.5 Å². The van der Waals surface area contributed by atoms with E-state index in [2.05, 4.69) is 26.9 Å². The summed E-state index contributed by atoms with van der Waals surface area (Å²) < 4.78 is 48.4. The standard InChI is InChI=1S/C41H55ClN4O6S/c1-29-6-5-15-41(50-2,28-43-18-19-44-20-21-51-27-35(44)25-43)36-12-9-32(36)24-45-16-4-3-7-30-22-34(42)11-8-33(30)26-52-38-13-10-31(23-37(38)45)40(47)46-17-14-39(29)53(46,48)49/h5,8,10-11,13,15,22-23,29,32,35-36,39H,3-4,6-7,9,12,14,16-21,24-28H2,1-2H3/b15-5+/t29-,32-,35-,36+,39+,41+/m0/s1. The maximum absolute atomic E-state index is 14.1. The fourth-order valence-corrected chi connectivity index (χ4v) is 12.2. The fraction of sp³-hybridized carbons (Fsp3) is 0.634. The van der Waals surface area contributed by atoms with Gasteiger partial charge in [-0.05, 0) is 104 Å². The fourth-order valence-electron chi connectivity index (χ4n) is 9.92. The normalized spacial score (nSPS) is 33.0. The van der Waals surface area contributed by atoms with E-state index in [0.717, 1.165) is 112 Å². The summed E-state index contributed by atoms with van der Waals surface area (Å²) in [6, 6.07) is 11.9. The Bertz CT molecular complexity index is 1810. The Morgan fingerprint density at radius 2 is 1.87 bits per heavy atom. The molecule has 3 saturated heterocycles. The van der Waals surface area contributed by atoms with Gasteiger partial charge in [0.05, 0.1) is 24.2 Å². The second kappa shape index (κ2) is 15.5. The molecule has 0 aromatic heterocycles. The molecule has 6 aliphatic rings. The molecule has 12 heteroatoms. The number of ether oxygens (including phenoxy) is 3. The number of hydrogen-bond donors (Lipinski definition) is 0. The number of nitrogens with zero attached hydrogens (tertiary/aromatic N) is 4. The Kier molecular flexibility index (Phi) is 10.9. The van der Waals surface area contributed by atoms with Gasteiger partial charge in [-0.25, -0.2) is 12.7 Å². The summed E-state index contributed by atoms with van der Waals surface area (Å²) in [7, 11) is -1.98.